The van der Waals surface area contributed by atoms with E-state index in [0.717, 1.165) is 5.92 Å². The van der Waals surface area contributed by atoms with Crippen molar-refractivity contribution in [2.24, 2.45) is 5.92 Å². The molecule has 1 fully saturated rings. The van der Waals surface area contributed by atoms with Crippen LogP contribution in [0.2, 0.25) is 0 Å². The number of thiophene rings is 1. The van der Waals surface area contributed by atoms with Crippen LogP contribution in [0.4, 0.5) is 0 Å². The van der Waals surface area contributed by atoms with Crippen LogP contribution in [0.15, 0.2) is 11.4 Å². The van der Waals surface area contributed by atoms with Crippen LogP contribution in [0.25, 0.3) is 0 Å². The molecule has 2 rings (SSSR count). The number of hydrogen-bond donors (Lipinski definition) is 1. The highest BCUT2D eigenvalue weighted by molar-refractivity contribution is 7.10. The van der Waals surface area contributed by atoms with Crippen LogP contribution in [-0.2, 0) is 0 Å². The smallest absolute Gasteiger partial charge is 0.0390 e. The maximum Gasteiger partial charge on any atom is 0.0390 e. The first-order valence-electron chi connectivity index (χ1n) is 5.98. The molecule has 1 nitrogen and oxygen atoms in total. The van der Waals surface area contributed by atoms with Crippen LogP contribution in [0, 0.1) is 12.8 Å². The molecule has 2 unspecified atom stereocenters. The Kier molecular flexibility index (Phi) is 3.47. The molecule has 1 aromatic heterocycles. The summed E-state index contributed by atoms with van der Waals surface area (Å²) >= 11 is 1.87. The number of hydrogen-bond acceptors (Lipinski definition) is 2. The minimum Gasteiger partial charge on any atom is -0.307 e. The van der Waals surface area contributed by atoms with Crippen molar-refractivity contribution < 1.29 is 0 Å². The van der Waals surface area contributed by atoms with Gasteiger partial charge in [-0.3, -0.25) is 0 Å². The summed E-state index contributed by atoms with van der Waals surface area (Å²) in [5.41, 5.74) is 1.43. The van der Waals surface area contributed by atoms with Crippen LogP contribution < -0.4 is 5.32 Å². The molecule has 0 aliphatic heterocycles. The fraction of sp³-hybridized carbons (Fsp3) is 0.692. The Hall–Kier alpha value is -0.340. The third-order valence-corrected chi connectivity index (χ3v) is 4.87. The van der Waals surface area contributed by atoms with Gasteiger partial charge in [0.15, 0.2) is 0 Å². The van der Waals surface area contributed by atoms with Crippen molar-refractivity contribution in [1.82, 2.24) is 5.32 Å². The SMILES string of the molecule is Cc1ccsc1C(C)NC(C)C1CCC1. The highest BCUT2D eigenvalue weighted by Crippen LogP contribution is 2.31. The molecule has 0 aromatic carbocycles. The second kappa shape index (κ2) is 4.67. The second-order valence-electron chi connectivity index (χ2n) is 4.84. The van der Waals surface area contributed by atoms with Crippen LogP contribution in [-0.4, -0.2) is 6.04 Å². The van der Waals surface area contributed by atoms with E-state index in [0.29, 0.717) is 12.1 Å². The summed E-state index contributed by atoms with van der Waals surface area (Å²) in [7, 11) is 0. The third-order valence-electron chi connectivity index (χ3n) is 3.66. The molecule has 0 radical (unpaired) electrons. The quantitative estimate of drug-likeness (QED) is 0.816. The monoisotopic (exact) mass is 223 g/mol. The molecule has 1 saturated carbocycles. The van der Waals surface area contributed by atoms with E-state index >= 15 is 0 Å². The number of nitrogens with one attached hydrogen (secondary N) is 1. The van der Waals surface area contributed by atoms with Crippen molar-refractivity contribution >= 4 is 11.3 Å². The minimum atomic E-state index is 0.514. The molecule has 0 bridgehead atoms. The largest absolute Gasteiger partial charge is 0.307 e. The van der Waals surface area contributed by atoms with Gasteiger partial charge >= 0.3 is 0 Å². The average Bonchev–Trinajstić information content (AvgIpc) is 2.47. The first-order valence-corrected chi connectivity index (χ1v) is 6.86. The van der Waals surface area contributed by atoms with Gasteiger partial charge in [0, 0.05) is 17.0 Å². The van der Waals surface area contributed by atoms with E-state index in [-0.39, 0.29) is 0 Å². The van der Waals surface area contributed by atoms with E-state index in [9.17, 15) is 0 Å². The molecular formula is C13H21NS. The lowest BCUT2D eigenvalue weighted by atomic mass is 9.80. The summed E-state index contributed by atoms with van der Waals surface area (Å²) in [6.45, 7) is 6.83. The Balaban J connectivity index is 1.91. The van der Waals surface area contributed by atoms with Gasteiger partial charge in [0.1, 0.15) is 0 Å². The van der Waals surface area contributed by atoms with E-state index in [2.05, 4.69) is 37.5 Å². The van der Waals surface area contributed by atoms with Crippen molar-refractivity contribution in [1.29, 1.82) is 0 Å². The number of aryl methyl sites for hydroxylation is 1. The molecule has 1 aliphatic rings. The molecule has 2 heteroatoms. The second-order valence-corrected chi connectivity index (χ2v) is 5.78. The first kappa shape index (κ1) is 11.2. The molecule has 0 amide bonds. The lowest BCUT2D eigenvalue weighted by Gasteiger charge is -2.33. The molecule has 15 heavy (non-hydrogen) atoms. The molecule has 0 saturated heterocycles. The van der Waals surface area contributed by atoms with E-state index in [4.69, 9.17) is 0 Å². The number of rotatable bonds is 4. The zero-order chi connectivity index (χ0) is 10.8. The maximum atomic E-state index is 3.74. The summed E-state index contributed by atoms with van der Waals surface area (Å²) in [4.78, 5) is 1.50. The van der Waals surface area contributed by atoms with E-state index in [1.807, 2.05) is 11.3 Å². The first-order chi connectivity index (χ1) is 7.18. The molecule has 1 heterocycles. The molecule has 2 atom stereocenters. The Labute approximate surface area is 96.9 Å². The fourth-order valence-electron chi connectivity index (χ4n) is 2.37. The molecule has 84 valence electrons. The molecule has 1 N–H and O–H groups in total. The van der Waals surface area contributed by atoms with E-state index in [1.54, 1.807) is 0 Å². The average molecular weight is 223 g/mol. The van der Waals surface area contributed by atoms with Gasteiger partial charge in [-0.05, 0) is 56.5 Å². The van der Waals surface area contributed by atoms with Crippen molar-refractivity contribution in [2.45, 2.75) is 52.1 Å². The van der Waals surface area contributed by atoms with Crippen molar-refractivity contribution in [3.05, 3.63) is 21.9 Å². The van der Waals surface area contributed by atoms with Crippen LogP contribution in [0.5, 0.6) is 0 Å². The summed E-state index contributed by atoms with van der Waals surface area (Å²) in [6.07, 6.45) is 4.28. The molecule has 1 aromatic rings. The minimum absolute atomic E-state index is 0.514. The summed E-state index contributed by atoms with van der Waals surface area (Å²) < 4.78 is 0. The van der Waals surface area contributed by atoms with E-state index < -0.39 is 0 Å². The predicted molar refractivity (Wildman–Crippen MR) is 67.4 cm³/mol. The van der Waals surface area contributed by atoms with Crippen LogP contribution in [0.3, 0.4) is 0 Å². The van der Waals surface area contributed by atoms with Crippen LogP contribution >= 0.6 is 11.3 Å². The summed E-state index contributed by atoms with van der Waals surface area (Å²) in [6, 6.07) is 3.41. The lowest BCUT2D eigenvalue weighted by Crippen LogP contribution is -2.38. The lowest BCUT2D eigenvalue weighted by molar-refractivity contribution is 0.230. The van der Waals surface area contributed by atoms with Gasteiger partial charge in [-0.2, -0.15) is 0 Å². The fourth-order valence-corrected chi connectivity index (χ4v) is 3.32. The van der Waals surface area contributed by atoms with Gasteiger partial charge in [-0.1, -0.05) is 6.42 Å². The Morgan fingerprint density at radius 3 is 2.60 bits per heavy atom. The standard InChI is InChI=1S/C13H21NS/c1-9-7-8-15-13(9)11(3)14-10(2)12-5-4-6-12/h7-8,10-12,14H,4-6H2,1-3H3. The van der Waals surface area contributed by atoms with Gasteiger partial charge < -0.3 is 5.32 Å². The Morgan fingerprint density at radius 1 is 1.40 bits per heavy atom. The van der Waals surface area contributed by atoms with Gasteiger partial charge in [0.05, 0.1) is 0 Å². The Morgan fingerprint density at radius 2 is 2.13 bits per heavy atom. The summed E-state index contributed by atoms with van der Waals surface area (Å²) in [5.74, 6) is 0.924. The highest BCUT2D eigenvalue weighted by Gasteiger charge is 2.25. The normalized spacial score (nSPS) is 21.0. The molecule has 1 aliphatic carbocycles. The van der Waals surface area contributed by atoms with E-state index in [1.165, 1.54) is 29.7 Å². The van der Waals surface area contributed by atoms with Crippen molar-refractivity contribution in [2.75, 3.05) is 0 Å². The van der Waals surface area contributed by atoms with Crippen molar-refractivity contribution in [3.63, 3.8) is 0 Å². The maximum absolute atomic E-state index is 3.74. The summed E-state index contributed by atoms with van der Waals surface area (Å²) in [5, 5.41) is 5.93. The molecular weight excluding hydrogens is 202 g/mol. The zero-order valence-electron chi connectivity index (χ0n) is 9.92. The topological polar surface area (TPSA) is 12.0 Å². The van der Waals surface area contributed by atoms with Gasteiger partial charge in [0.25, 0.3) is 0 Å². The van der Waals surface area contributed by atoms with Crippen LogP contribution in [0.1, 0.15) is 49.6 Å². The zero-order valence-corrected chi connectivity index (χ0v) is 10.7. The van der Waals surface area contributed by atoms with Gasteiger partial charge in [0.2, 0.25) is 0 Å². The predicted octanol–water partition coefficient (Wildman–Crippen LogP) is 3.90. The van der Waals surface area contributed by atoms with Gasteiger partial charge in [-0.15, -0.1) is 11.3 Å². The van der Waals surface area contributed by atoms with Crippen molar-refractivity contribution in [3.8, 4) is 0 Å². The Bertz CT molecular complexity index is 314. The highest BCUT2D eigenvalue weighted by atomic mass is 32.1. The van der Waals surface area contributed by atoms with Gasteiger partial charge in [-0.25, -0.2) is 0 Å². The third kappa shape index (κ3) is 2.43. The molecule has 0 spiro atoms.